The van der Waals surface area contributed by atoms with Crippen LogP contribution in [0.1, 0.15) is 11.1 Å². The molecule has 0 amide bonds. The fourth-order valence-corrected chi connectivity index (χ4v) is 6.23. The number of benzene rings is 6. The Balaban J connectivity index is 1.41. The number of rotatable bonds is 4. The summed E-state index contributed by atoms with van der Waals surface area (Å²) in [4.78, 5) is 5.34. The van der Waals surface area contributed by atoms with Gasteiger partial charge in [-0.3, -0.25) is 4.40 Å². The SMILES string of the molecule is N#Cc1ccc(-c2nc3c4cc(-c5ccc(-c6ccccc6)cc5)ccc4c4ccccc4n3c2-c2ccc(C#N)cc2)cc1. The van der Waals surface area contributed by atoms with E-state index in [9.17, 15) is 10.5 Å². The first-order valence-electron chi connectivity index (χ1n) is 14.8. The lowest BCUT2D eigenvalue weighted by molar-refractivity contribution is 1.27. The highest BCUT2D eigenvalue weighted by Crippen LogP contribution is 2.40. The van der Waals surface area contributed by atoms with Gasteiger partial charge in [0.2, 0.25) is 0 Å². The number of para-hydroxylation sites is 1. The number of nitrogens with zero attached hydrogens (tertiary/aromatic N) is 4. The number of hydrogen-bond donors (Lipinski definition) is 0. The highest BCUT2D eigenvalue weighted by molar-refractivity contribution is 6.14. The molecule has 4 heteroatoms. The summed E-state index contributed by atoms with van der Waals surface area (Å²) in [7, 11) is 0. The summed E-state index contributed by atoms with van der Waals surface area (Å²) in [6.45, 7) is 0. The standard InChI is InChI=1S/C41H24N4/c42-25-27-10-14-32(15-11-27)39-40(33-16-12-28(26-43)13-17-33)45-38-9-5-4-8-36(38)35-23-22-34(24-37(35)41(45)44-39)31-20-18-30(19-21-31)29-6-2-1-3-7-29/h1-24H. The zero-order valence-electron chi connectivity index (χ0n) is 24.1. The topological polar surface area (TPSA) is 64.9 Å². The molecule has 0 atom stereocenters. The van der Waals surface area contributed by atoms with Gasteiger partial charge in [-0.15, -0.1) is 0 Å². The lowest BCUT2D eigenvalue weighted by atomic mass is 9.97. The van der Waals surface area contributed by atoms with Gasteiger partial charge in [-0.25, -0.2) is 4.98 Å². The van der Waals surface area contributed by atoms with Crippen molar-refractivity contribution in [1.82, 2.24) is 9.38 Å². The molecule has 0 aliphatic rings. The molecule has 2 heterocycles. The van der Waals surface area contributed by atoms with Crippen molar-refractivity contribution < 1.29 is 0 Å². The quantitative estimate of drug-likeness (QED) is 0.197. The number of hydrogen-bond acceptors (Lipinski definition) is 3. The molecule has 0 bridgehead atoms. The molecule has 0 N–H and O–H groups in total. The molecule has 8 rings (SSSR count). The van der Waals surface area contributed by atoms with Crippen molar-refractivity contribution in [2.75, 3.05) is 0 Å². The Hall–Kier alpha value is -6.49. The lowest BCUT2D eigenvalue weighted by Crippen LogP contribution is -1.95. The van der Waals surface area contributed by atoms with E-state index in [2.05, 4.69) is 108 Å². The number of pyridine rings is 1. The smallest absolute Gasteiger partial charge is 0.146 e. The third kappa shape index (κ3) is 4.41. The van der Waals surface area contributed by atoms with Gasteiger partial charge in [0.1, 0.15) is 5.65 Å². The zero-order valence-corrected chi connectivity index (χ0v) is 24.1. The molecule has 0 fully saturated rings. The number of aromatic nitrogens is 2. The van der Waals surface area contributed by atoms with E-state index in [4.69, 9.17) is 4.98 Å². The van der Waals surface area contributed by atoms with Crippen molar-refractivity contribution in [2.45, 2.75) is 0 Å². The van der Waals surface area contributed by atoms with Gasteiger partial charge in [0.05, 0.1) is 40.2 Å². The van der Waals surface area contributed by atoms with Gasteiger partial charge < -0.3 is 0 Å². The molecule has 4 nitrogen and oxygen atoms in total. The van der Waals surface area contributed by atoms with Crippen LogP contribution in [0.15, 0.2) is 146 Å². The second kappa shape index (κ2) is 10.7. The summed E-state index contributed by atoms with van der Waals surface area (Å²) < 4.78 is 2.24. The maximum atomic E-state index is 9.47. The minimum absolute atomic E-state index is 0.598. The first kappa shape index (κ1) is 26.2. The summed E-state index contributed by atoms with van der Waals surface area (Å²) in [6.07, 6.45) is 0. The van der Waals surface area contributed by atoms with Gasteiger partial charge in [-0.05, 0) is 64.0 Å². The second-order valence-electron chi connectivity index (χ2n) is 11.1. The van der Waals surface area contributed by atoms with Crippen LogP contribution in [0.3, 0.4) is 0 Å². The van der Waals surface area contributed by atoms with E-state index in [1.807, 2.05) is 54.6 Å². The first-order valence-corrected chi connectivity index (χ1v) is 14.8. The lowest BCUT2D eigenvalue weighted by Gasteiger charge is -2.13. The maximum Gasteiger partial charge on any atom is 0.146 e. The Morgan fingerprint density at radius 3 is 1.64 bits per heavy atom. The van der Waals surface area contributed by atoms with E-state index in [0.717, 1.165) is 61.0 Å². The average molecular weight is 573 g/mol. The summed E-state index contributed by atoms with van der Waals surface area (Å²) in [6, 6.07) is 53.9. The van der Waals surface area contributed by atoms with Gasteiger partial charge in [0.25, 0.3) is 0 Å². The van der Waals surface area contributed by atoms with E-state index >= 15 is 0 Å². The zero-order chi connectivity index (χ0) is 30.3. The molecule has 45 heavy (non-hydrogen) atoms. The maximum absolute atomic E-state index is 9.47. The highest BCUT2D eigenvalue weighted by atomic mass is 15.0. The van der Waals surface area contributed by atoms with Gasteiger partial charge >= 0.3 is 0 Å². The van der Waals surface area contributed by atoms with Crippen molar-refractivity contribution in [3.05, 3.63) is 157 Å². The van der Waals surface area contributed by atoms with E-state index in [1.54, 1.807) is 0 Å². The Morgan fingerprint density at radius 2 is 0.978 bits per heavy atom. The number of imidazole rings is 1. The van der Waals surface area contributed by atoms with Crippen molar-refractivity contribution in [3.63, 3.8) is 0 Å². The predicted octanol–water partition coefficient (Wildman–Crippen LogP) is 10.1. The van der Waals surface area contributed by atoms with E-state index < -0.39 is 0 Å². The number of fused-ring (bicyclic) bond motifs is 6. The van der Waals surface area contributed by atoms with Crippen molar-refractivity contribution in [3.8, 4) is 56.9 Å². The molecular weight excluding hydrogens is 548 g/mol. The van der Waals surface area contributed by atoms with Crippen molar-refractivity contribution in [2.24, 2.45) is 0 Å². The molecule has 2 aromatic heterocycles. The molecule has 0 aliphatic heterocycles. The second-order valence-corrected chi connectivity index (χ2v) is 11.1. The molecule has 0 saturated carbocycles. The van der Waals surface area contributed by atoms with Crippen molar-refractivity contribution >= 4 is 27.3 Å². The van der Waals surface area contributed by atoms with Gasteiger partial charge in [0.15, 0.2) is 0 Å². The van der Waals surface area contributed by atoms with Crippen LogP contribution < -0.4 is 0 Å². The minimum Gasteiger partial charge on any atom is -0.291 e. The molecule has 8 aromatic rings. The monoisotopic (exact) mass is 572 g/mol. The fourth-order valence-electron chi connectivity index (χ4n) is 6.23. The number of nitriles is 2. The summed E-state index contributed by atoms with van der Waals surface area (Å²) in [5, 5.41) is 22.2. The predicted molar refractivity (Wildman–Crippen MR) is 181 cm³/mol. The molecule has 208 valence electrons. The van der Waals surface area contributed by atoms with E-state index in [1.165, 1.54) is 11.1 Å². The van der Waals surface area contributed by atoms with Crippen molar-refractivity contribution in [1.29, 1.82) is 10.5 Å². The molecule has 0 unspecified atom stereocenters. The van der Waals surface area contributed by atoms with Crippen LogP contribution in [-0.4, -0.2) is 9.38 Å². The van der Waals surface area contributed by atoms with Crippen LogP contribution in [0.25, 0.3) is 72.1 Å². The third-order valence-electron chi connectivity index (χ3n) is 8.47. The Morgan fingerprint density at radius 1 is 0.444 bits per heavy atom. The molecule has 0 aliphatic carbocycles. The summed E-state index contributed by atoms with van der Waals surface area (Å²) in [5.74, 6) is 0. The van der Waals surface area contributed by atoms with Crippen LogP contribution >= 0.6 is 0 Å². The molecule has 6 aromatic carbocycles. The van der Waals surface area contributed by atoms with Crippen LogP contribution in [0.4, 0.5) is 0 Å². The molecule has 0 spiro atoms. The normalized spacial score (nSPS) is 11.1. The Bertz CT molecular complexity index is 2460. The Kier molecular flexibility index (Phi) is 6.19. The summed E-state index contributed by atoms with van der Waals surface area (Å²) >= 11 is 0. The minimum atomic E-state index is 0.598. The third-order valence-corrected chi connectivity index (χ3v) is 8.47. The van der Waals surface area contributed by atoms with Gasteiger partial charge in [-0.1, -0.05) is 109 Å². The van der Waals surface area contributed by atoms with Crippen LogP contribution in [0, 0.1) is 22.7 Å². The van der Waals surface area contributed by atoms with E-state index in [-0.39, 0.29) is 0 Å². The molecular formula is C41H24N4. The summed E-state index contributed by atoms with van der Waals surface area (Å²) in [5.41, 5.74) is 11.4. The van der Waals surface area contributed by atoms with E-state index in [0.29, 0.717) is 11.1 Å². The highest BCUT2D eigenvalue weighted by Gasteiger charge is 2.21. The molecule has 0 radical (unpaired) electrons. The van der Waals surface area contributed by atoms with Gasteiger partial charge in [-0.2, -0.15) is 10.5 Å². The average Bonchev–Trinajstić information content (AvgIpc) is 3.53. The van der Waals surface area contributed by atoms with Gasteiger partial charge in [0, 0.05) is 21.9 Å². The van der Waals surface area contributed by atoms with Crippen LogP contribution in [0.5, 0.6) is 0 Å². The fraction of sp³-hybridized carbons (Fsp3) is 0. The van der Waals surface area contributed by atoms with Crippen LogP contribution in [0.2, 0.25) is 0 Å². The molecule has 0 saturated heterocycles. The van der Waals surface area contributed by atoms with Crippen LogP contribution in [-0.2, 0) is 0 Å². The largest absolute Gasteiger partial charge is 0.291 e. The first-order chi connectivity index (χ1) is 22.2. The Labute approximate surface area is 260 Å².